The van der Waals surface area contributed by atoms with E-state index in [1.807, 2.05) is 30.0 Å². The van der Waals surface area contributed by atoms with Crippen LogP contribution in [0, 0.1) is 0 Å². The van der Waals surface area contributed by atoms with Crippen LogP contribution in [0.5, 0.6) is 0 Å². The Morgan fingerprint density at radius 2 is 2.10 bits per heavy atom. The van der Waals surface area contributed by atoms with Gasteiger partial charge >= 0.3 is 0 Å². The van der Waals surface area contributed by atoms with Crippen molar-refractivity contribution < 1.29 is 4.79 Å². The van der Waals surface area contributed by atoms with Crippen LogP contribution < -0.4 is 10.2 Å². The first kappa shape index (κ1) is 14.1. The van der Waals surface area contributed by atoms with Crippen LogP contribution in [0.2, 0.25) is 5.02 Å². The fourth-order valence-electron chi connectivity index (χ4n) is 3.43. The van der Waals surface area contributed by atoms with Crippen LogP contribution in [-0.2, 0) is 4.79 Å². The maximum atomic E-state index is 12.6. The average molecular weight is 311 g/mol. The van der Waals surface area contributed by atoms with E-state index < -0.39 is 0 Å². The number of carbonyl (C=O) groups is 1. The zero-order chi connectivity index (χ0) is 14.7. The lowest BCUT2D eigenvalue weighted by Crippen LogP contribution is -2.46. The van der Waals surface area contributed by atoms with Crippen LogP contribution in [0.4, 0.5) is 11.4 Å². The second kappa shape index (κ2) is 4.31. The maximum absolute atomic E-state index is 12.6. The van der Waals surface area contributed by atoms with Crippen molar-refractivity contribution in [3.63, 3.8) is 0 Å². The molecule has 2 aliphatic rings. The number of hydrogen-bond acceptors (Lipinski definition) is 3. The molecule has 1 aromatic carbocycles. The molecular weight excluding hydrogens is 292 g/mol. The Labute approximate surface area is 129 Å². The molecule has 3 nitrogen and oxygen atoms in total. The van der Waals surface area contributed by atoms with E-state index in [9.17, 15) is 4.79 Å². The Morgan fingerprint density at radius 3 is 2.80 bits per heavy atom. The molecule has 0 aliphatic carbocycles. The molecule has 2 unspecified atom stereocenters. The lowest BCUT2D eigenvalue weighted by atomic mass is 9.95. The first-order valence-electron chi connectivity index (χ1n) is 6.81. The van der Waals surface area contributed by atoms with E-state index in [4.69, 9.17) is 11.6 Å². The first-order valence-corrected chi connectivity index (χ1v) is 8.07. The molecule has 1 fully saturated rings. The molecule has 1 N–H and O–H groups in total. The molecule has 2 atom stereocenters. The second-order valence-electron chi connectivity index (χ2n) is 6.46. The number of anilines is 2. The van der Waals surface area contributed by atoms with Crippen LogP contribution in [0.25, 0.3) is 0 Å². The molecule has 1 amide bonds. The van der Waals surface area contributed by atoms with Gasteiger partial charge in [0.1, 0.15) is 0 Å². The minimum Gasteiger partial charge on any atom is -0.378 e. The molecule has 1 aromatic rings. The highest BCUT2D eigenvalue weighted by molar-refractivity contribution is 8.02. The van der Waals surface area contributed by atoms with Gasteiger partial charge in [-0.2, -0.15) is 0 Å². The summed E-state index contributed by atoms with van der Waals surface area (Å²) in [4.78, 5) is 14.3. The van der Waals surface area contributed by atoms with Crippen molar-refractivity contribution in [2.24, 2.45) is 0 Å². The topological polar surface area (TPSA) is 32.3 Å². The van der Waals surface area contributed by atoms with E-state index in [2.05, 4.69) is 26.1 Å². The van der Waals surface area contributed by atoms with E-state index in [-0.39, 0.29) is 21.6 Å². The van der Waals surface area contributed by atoms with Crippen LogP contribution in [0.3, 0.4) is 0 Å². The predicted molar refractivity (Wildman–Crippen MR) is 86.7 cm³/mol. The fourth-order valence-corrected chi connectivity index (χ4v) is 5.30. The Balaban J connectivity index is 2.21. The van der Waals surface area contributed by atoms with Gasteiger partial charge in [0, 0.05) is 17.0 Å². The number of nitrogens with one attached hydrogen (secondary N) is 1. The van der Waals surface area contributed by atoms with Gasteiger partial charge in [0.25, 0.3) is 0 Å². The van der Waals surface area contributed by atoms with Gasteiger partial charge in [-0.05, 0) is 45.9 Å². The number of rotatable bonds is 0. The zero-order valence-corrected chi connectivity index (χ0v) is 13.7. The average Bonchev–Trinajstić information content (AvgIpc) is 2.45. The van der Waals surface area contributed by atoms with Crippen molar-refractivity contribution in [1.29, 1.82) is 0 Å². The van der Waals surface area contributed by atoms with Gasteiger partial charge in [-0.1, -0.05) is 11.6 Å². The third-order valence-corrected chi connectivity index (χ3v) is 5.54. The Morgan fingerprint density at radius 1 is 1.40 bits per heavy atom. The van der Waals surface area contributed by atoms with Gasteiger partial charge in [0.05, 0.1) is 21.5 Å². The standard InChI is InChI=1S/C15H19ClN2OS/c1-9-13(19)18-12-6-5-10(16)7-11(12)17-14(2,3)8-15(18,4)20-9/h5-7,9,17H,8H2,1-4H3. The van der Waals surface area contributed by atoms with Gasteiger partial charge < -0.3 is 5.32 Å². The summed E-state index contributed by atoms with van der Waals surface area (Å²) < 4.78 is 0. The van der Waals surface area contributed by atoms with Crippen molar-refractivity contribution in [2.75, 3.05) is 10.2 Å². The summed E-state index contributed by atoms with van der Waals surface area (Å²) in [5.41, 5.74) is 1.78. The lowest BCUT2D eigenvalue weighted by molar-refractivity contribution is -0.117. The van der Waals surface area contributed by atoms with Crippen LogP contribution in [0.1, 0.15) is 34.1 Å². The lowest BCUT2D eigenvalue weighted by Gasteiger charge is -2.36. The van der Waals surface area contributed by atoms with Crippen LogP contribution >= 0.6 is 23.4 Å². The van der Waals surface area contributed by atoms with Gasteiger partial charge in [-0.3, -0.25) is 9.69 Å². The normalized spacial score (nSPS) is 31.4. The largest absolute Gasteiger partial charge is 0.378 e. The molecule has 5 heteroatoms. The number of fused-ring (bicyclic) bond motifs is 3. The quantitative estimate of drug-likeness (QED) is 0.782. The highest BCUT2D eigenvalue weighted by atomic mass is 35.5. The van der Waals surface area contributed by atoms with E-state index in [0.717, 1.165) is 17.8 Å². The minimum absolute atomic E-state index is 0.00238. The minimum atomic E-state index is -0.216. The highest BCUT2D eigenvalue weighted by Crippen LogP contribution is 2.52. The fraction of sp³-hybridized carbons (Fsp3) is 0.533. The predicted octanol–water partition coefficient (Wildman–Crippen LogP) is 4.12. The molecule has 20 heavy (non-hydrogen) atoms. The molecule has 1 saturated heterocycles. The summed E-state index contributed by atoms with van der Waals surface area (Å²) >= 11 is 7.86. The van der Waals surface area contributed by atoms with Gasteiger partial charge in [0.2, 0.25) is 5.91 Å². The van der Waals surface area contributed by atoms with Crippen molar-refractivity contribution in [2.45, 2.75) is 49.8 Å². The summed E-state index contributed by atoms with van der Waals surface area (Å²) in [6.45, 7) is 8.48. The summed E-state index contributed by atoms with van der Waals surface area (Å²) in [7, 11) is 0. The van der Waals surface area contributed by atoms with Crippen molar-refractivity contribution >= 4 is 40.6 Å². The summed E-state index contributed by atoms with van der Waals surface area (Å²) in [5, 5.41) is 4.22. The number of halogens is 1. The molecule has 2 aliphatic heterocycles. The molecule has 0 bridgehead atoms. The summed E-state index contributed by atoms with van der Waals surface area (Å²) in [5.74, 6) is 0.181. The summed E-state index contributed by atoms with van der Waals surface area (Å²) in [6.07, 6.45) is 0.882. The highest BCUT2D eigenvalue weighted by Gasteiger charge is 2.52. The van der Waals surface area contributed by atoms with E-state index in [1.165, 1.54) is 0 Å². The molecule has 0 saturated carbocycles. The van der Waals surface area contributed by atoms with E-state index in [0.29, 0.717) is 5.02 Å². The van der Waals surface area contributed by atoms with Crippen molar-refractivity contribution in [3.05, 3.63) is 23.2 Å². The Kier molecular flexibility index (Phi) is 3.04. The SMILES string of the molecule is CC1SC2(C)CC(C)(C)Nc3cc(Cl)ccc3N2C1=O. The molecular formula is C15H19ClN2OS. The van der Waals surface area contributed by atoms with E-state index >= 15 is 0 Å². The van der Waals surface area contributed by atoms with Gasteiger partial charge in [-0.15, -0.1) is 11.8 Å². The smallest absolute Gasteiger partial charge is 0.241 e. The molecule has 3 rings (SSSR count). The second-order valence-corrected chi connectivity index (χ2v) is 8.71. The number of thioether (sulfide) groups is 1. The van der Waals surface area contributed by atoms with E-state index in [1.54, 1.807) is 11.8 Å². The maximum Gasteiger partial charge on any atom is 0.241 e. The van der Waals surface area contributed by atoms with Gasteiger partial charge in [-0.25, -0.2) is 0 Å². The van der Waals surface area contributed by atoms with Crippen molar-refractivity contribution in [1.82, 2.24) is 0 Å². The third kappa shape index (κ3) is 2.09. The Hall–Kier alpha value is -0.870. The number of amides is 1. The van der Waals surface area contributed by atoms with Crippen molar-refractivity contribution in [3.8, 4) is 0 Å². The van der Waals surface area contributed by atoms with Gasteiger partial charge in [0.15, 0.2) is 0 Å². The molecule has 0 radical (unpaired) electrons. The number of nitrogens with zero attached hydrogens (tertiary/aromatic N) is 1. The third-order valence-electron chi connectivity index (χ3n) is 3.91. The van der Waals surface area contributed by atoms with Crippen LogP contribution in [-0.4, -0.2) is 21.6 Å². The molecule has 0 spiro atoms. The molecule has 2 heterocycles. The number of benzene rings is 1. The summed E-state index contributed by atoms with van der Waals surface area (Å²) in [6, 6.07) is 5.70. The number of hydrogen-bond donors (Lipinski definition) is 1. The monoisotopic (exact) mass is 310 g/mol. The van der Waals surface area contributed by atoms with Crippen LogP contribution in [0.15, 0.2) is 18.2 Å². The Bertz CT molecular complexity index is 589. The first-order chi connectivity index (χ1) is 9.22. The molecule has 108 valence electrons. The zero-order valence-electron chi connectivity index (χ0n) is 12.2. The molecule has 0 aromatic heterocycles. The number of carbonyl (C=O) groups excluding carboxylic acids is 1.